The summed E-state index contributed by atoms with van der Waals surface area (Å²) < 4.78 is 12.2. The molecule has 6 heteroatoms. The van der Waals surface area contributed by atoms with Crippen molar-refractivity contribution < 1.29 is 14.3 Å². The standard InChI is InChI=1S/C14H25N3O3/c1-7-20-13(18)11-12(10(2)3)17(16-15-11)9-8-14(4,5)19-6/h10H,7-9H2,1-6H3. The lowest BCUT2D eigenvalue weighted by Gasteiger charge is -2.23. The van der Waals surface area contributed by atoms with Crippen molar-refractivity contribution in [2.45, 2.75) is 59.1 Å². The Labute approximate surface area is 120 Å². The summed E-state index contributed by atoms with van der Waals surface area (Å²) in [5.74, 6) is -0.261. The van der Waals surface area contributed by atoms with E-state index < -0.39 is 5.97 Å². The molecule has 0 N–H and O–H groups in total. The fourth-order valence-corrected chi connectivity index (χ4v) is 1.88. The van der Waals surface area contributed by atoms with Crippen LogP contribution in [0.15, 0.2) is 0 Å². The third-order valence-corrected chi connectivity index (χ3v) is 3.27. The molecule has 114 valence electrons. The van der Waals surface area contributed by atoms with Gasteiger partial charge in [0.25, 0.3) is 0 Å². The molecule has 1 aromatic rings. The number of methoxy groups -OCH3 is 1. The number of hydrogen-bond acceptors (Lipinski definition) is 5. The Morgan fingerprint density at radius 2 is 2.05 bits per heavy atom. The van der Waals surface area contributed by atoms with Crippen LogP contribution in [0.5, 0.6) is 0 Å². The van der Waals surface area contributed by atoms with Gasteiger partial charge in [-0.25, -0.2) is 9.48 Å². The van der Waals surface area contributed by atoms with Crippen molar-refractivity contribution in [3.05, 3.63) is 11.4 Å². The number of aromatic nitrogens is 3. The average molecular weight is 283 g/mol. The highest BCUT2D eigenvalue weighted by Gasteiger charge is 2.24. The van der Waals surface area contributed by atoms with Gasteiger partial charge in [-0.05, 0) is 33.1 Å². The number of rotatable bonds is 7. The zero-order chi connectivity index (χ0) is 15.3. The van der Waals surface area contributed by atoms with E-state index >= 15 is 0 Å². The number of nitrogens with zero attached hydrogens (tertiary/aromatic N) is 3. The van der Waals surface area contributed by atoms with E-state index in [0.29, 0.717) is 18.8 Å². The van der Waals surface area contributed by atoms with Gasteiger partial charge in [-0.3, -0.25) is 0 Å². The van der Waals surface area contributed by atoms with Crippen LogP contribution in [-0.2, 0) is 16.0 Å². The fourth-order valence-electron chi connectivity index (χ4n) is 1.88. The molecule has 0 bridgehead atoms. The normalized spacial score (nSPS) is 11.9. The molecule has 0 saturated heterocycles. The highest BCUT2D eigenvalue weighted by Crippen LogP contribution is 2.21. The Kier molecular flexibility index (Phi) is 5.68. The van der Waals surface area contributed by atoms with Gasteiger partial charge in [0.15, 0.2) is 5.69 Å². The molecule has 0 fully saturated rings. The largest absolute Gasteiger partial charge is 0.461 e. The van der Waals surface area contributed by atoms with Crippen molar-refractivity contribution in [1.29, 1.82) is 0 Å². The molecular weight excluding hydrogens is 258 g/mol. The molecule has 1 rings (SSSR count). The highest BCUT2D eigenvalue weighted by atomic mass is 16.5. The molecule has 0 atom stereocenters. The summed E-state index contributed by atoms with van der Waals surface area (Å²) in [6, 6.07) is 0. The average Bonchev–Trinajstić information content (AvgIpc) is 2.81. The molecule has 0 saturated carbocycles. The van der Waals surface area contributed by atoms with Crippen LogP contribution in [-0.4, -0.2) is 40.3 Å². The van der Waals surface area contributed by atoms with E-state index in [2.05, 4.69) is 10.3 Å². The van der Waals surface area contributed by atoms with E-state index in [1.54, 1.807) is 18.7 Å². The summed E-state index contributed by atoms with van der Waals surface area (Å²) in [4.78, 5) is 11.9. The molecule has 1 aromatic heterocycles. The van der Waals surface area contributed by atoms with Crippen molar-refractivity contribution in [3.8, 4) is 0 Å². The van der Waals surface area contributed by atoms with Gasteiger partial charge in [0.2, 0.25) is 0 Å². The molecule has 0 aliphatic rings. The van der Waals surface area contributed by atoms with Crippen LogP contribution in [0.25, 0.3) is 0 Å². The summed E-state index contributed by atoms with van der Waals surface area (Å²) in [6.45, 7) is 10.8. The maximum atomic E-state index is 11.9. The van der Waals surface area contributed by atoms with Crippen molar-refractivity contribution in [2.75, 3.05) is 13.7 Å². The minimum absolute atomic E-state index is 0.148. The minimum Gasteiger partial charge on any atom is -0.461 e. The smallest absolute Gasteiger partial charge is 0.360 e. The lowest BCUT2D eigenvalue weighted by Crippen LogP contribution is -2.25. The molecule has 0 amide bonds. The van der Waals surface area contributed by atoms with Crippen LogP contribution >= 0.6 is 0 Å². The van der Waals surface area contributed by atoms with Crippen LogP contribution < -0.4 is 0 Å². The van der Waals surface area contributed by atoms with Gasteiger partial charge >= 0.3 is 5.97 Å². The second-order valence-corrected chi connectivity index (χ2v) is 5.64. The molecule has 0 aliphatic carbocycles. The van der Waals surface area contributed by atoms with E-state index in [4.69, 9.17) is 9.47 Å². The third kappa shape index (κ3) is 4.03. The van der Waals surface area contributed by atoms with Gasteiger partial charge in [-0.15, -0.1) is 5.10 Å². The van der Waals surface area contributed by atoms with Gasteiger partial charge in [-0.1, -0.05) is 19.1 Å². The monoisotopic (exact) mass is 283 g/mol. The Hall–Kier alpha value is -1.43. The molecule has 0 aliphatic heterocycles. The molecule has 0 radical (unpaired) electrons. The Morgan fingerprint density at radius 3 is 2.55 bits per heavy atom. The van der Waals surface area contributed by atoms with E-state index in [-0.39, 0.29) is 11.5 Å². The van der Waals surface area contributed by atoms with Crippen molar-refractivity contribution in [1.82, 2.24) is 15.0 Å². The number of carbonyl (C=O) groups excluding carboxylic acids is 1. The van der Waals surface area contributed by atoms with Gasteiger partial charge in [0, 0.05) is 13.7 Å². The lowest BCUT2D eigenvalue weighted by atomic mass is 10.0. The molecule has 20 heavy (non-hydrogen) atoms. The number of ether oxygens (including phenoxy) is 2. The zero-order valence-electron chi connectivity index (χ0n) is 13.3. The third-order valence-electron chi connectivity index (χ3n) is 3.27. The molecule has 1 heterocycles. The lowest BCUT2D eigenvalue weighted by molar-refractivity contribution is 0.0110. The molecular formula is C14H25N3O3. The first-order chi connectivity index (χ1) is 9.32. The number of hydrogen-bond donors (Lipinski definition) is 0. The van der Waals surface area contributed by atoms with Gasteiger partial charge in [-0.2, -0.15) is 0 Å². The second kappa shape index (κ2) is 6.83. The maximum absolute atomic E-state index is 11.9. The zero-order valence-corrected chi connectivity index (χ0v) is 13.3. The fraction of sp³-hybridized carbons (Fsp3) is 0.786. The first-order valence-corrected chi connectivity index (χ1v) is 6.98. The minimum atomic E-state index is -0.409. The summed E-state index contributed by atoms with van der Waals surface area (Å²) in [6.07, 6.45) is 0.787. The first kappa shape index (κ1) is 16.6. The molecule has 0 spiro atoms. The van der Waals surface area contributed by atoms with Crippen molar-refractivity contribution in [2.24, 2.45) is 0 Å². The van der Waals surface area contributed by atoms with E-state index in [0.717, 1.165) is 12.1 Å². The number of carbonyl (C=O) groups is 1. The van der Waals surface area contributed by atoms with E-state index in [9.17, 15) is 4.79 Å². The SMILES string of the molecule is CCOC(=O)c1nnn(CCC(C)(C)OC)c1C(C)C. The van der Waals surface area contributed by atoms with Crippen LogP contribution in [0.2, 0.25) is 0 Å². The van der Waals surface area contributed by atoms with E-state index in [1.807, 2.05) is 27.7 Å². The van der Waals surface area contributed by atoms with Gasteiger partial charge in [0.1, 0.15) is 0 Å². The van der Waals surface area contributed by atoms with Crippen molar-refractivity contribution >= 4 is 5.97 Å². The van der Waals surface area contributed by atoms with Crippen LogP contribution in [0.3, 0.4) is 0 Å². The van der Waals surface area contributed by atoms with Gasteiger partial charge in [0.05, 0.1) is 17.9 Å². The summed E-state index contributed by atoms with van der Waals surface area (Å²) in [7, 11) is 1.69. The van der Waals surface area contributed by atoms with Gasteiger partial charge < -0.3 is 9.47 Å². The summed E-state index contributed by atoms with van der Waals surface area (Å²) >= 11 is 0. The van der Waals surface area contributed by atoms with Crippen LogP contribution in [0, 0.1) is 0 Å². The highest BCUT2D eigenvalue weighted by molar-refractivity contribution is 5.88. The topological polar surface area (TPSA) is 66.2 Å². The maximum Gasteiger partial charge on any atom is 0.360 e. The quantitative estimate of drug-likeness (QED) is 0.719. The second-order valence-electron chi connectivity index (χ2n) is 5.64. The molecule has 0 aromatic carbocycles. The number of aryl methyl sites for hydroxylation is 1. The van der Waals surface area contributed by atoms with Crippen LogP contribution in [0.1, 0.15) is 63.1 Å². The number of esters is 1. The summed E-state index contributed by atoms with van der Waals surface area (Å²) in [5.41, 5.74) is 0.900. The Bertz CT molecular complexity index is 453. The van der Waals surface area contributed by atoms with Crippen molar-refractivity contribution in [3.63, 3.8) is 0 Å². The first-order valence-electron chi connectivity index (χ1n) is 6.98. The van der Waals surface area contributed by atoms with E-state index in [1.165, 1.54) is 0 Å². The predicted octanol–water partition coefficient (Wildman–Crippen LogP) is 2.39. The molecule has 0 unspecified atom stereocenters. The Morgan fingerprint density at radius 1 is 1.40 bits per heavy atom. The Balaban J connectivity index is 2.95. The van der Waals surface area contributed by atoms with Crippen LogP contribution in [0.4, 0.5) is 0 Å². The molecule has 6 nitrogen and oxygen atoms in total. The predicted molar refractivity (Wildman–Crippen MR) is 75.8 cm³/mol. The summed E-state index contributed by atoms with van der Waals surface area (Å²) in [5, 5.41) is 8.07.